The lowest BCUT2D eigenvalue weighted by molar-refractivity contribution is -0.374. The van der Waals surface area contributed by atoms with E-state index in [-0.39, 0.29) is 25.0 Å². The van der Waals surface area contributed by atoms with E-state index in [0.717, 1.165) is 5.56 Å². The van der Waals surface area contributed by atoms with Gasteiger partial charge in [-0.15, -0.1) is 0 Å². The molecule has 9 nitrogen and oxygen atoms in total. The van der Waals surface area contributed by atoms with Crippen molar-refractivity contribution in [2.75, 3.05) is 6.67 Å². The lowest BCUT2D eigenvalue weighted by Crippen LogP contribution is -2.72. The molecule has 2 saturated heterocycles. The van der Waals surface area contributed by atoms with Gasteiger partial charge in [-0.3, -0.25) is 9.59 Å². The van der Waals surface area contributed by atoms with Crippen LogP contribution in [0.2, 0.25) is 0 Å². The smallest absolute Gasteiger partial charge is 0.342 e. The number of hydrogen-bond donors (Lipinski definition) is 3. The molecule has 2 aliphatic heterocycles. The number of alkyl halides is 1. The molecule has 3 rings (SSSR count). The minimum Gasteiger partial charge on any atom is -0.479 e. The molecule has 0 aromatic heterocycles. The molecule has 3 N–H and O–H groups in total. The number of carboxylic acids is 1. The van der Waals surface area contributed by atoms with Crippen LogP contribution >= 0.6 is 0 Å². The summed E-state index contributed by atoms with van der Waals surface area (Å²) in [5.74, 6) is -4.53. The molecule has 7 atom stereocenters. The van der Waals surface area contributed by atoms with Gasteiger partial charge in [0, 0.05) is 25.7 Å². The number of benzene rings is 1. The average molecular weight is 495 g/mol. The molecule has 10 heteroatoms. The van der Waals surface area contributed by atoms with Gasteiger partial charge >= 0.3 is 11.9 Å². The highest BCUT2D eigenvalue weighted by Crippen LogP contribution is 2.53. The standard InChI is InChI=1S/C25H31FO9/c1-15(21(33-17(3)28)16(2)11-18-7-5-4-6-8-18)9-10-24-19(29)12-23(14-27,35-24)25(32,22(30)31)20(13-26)34-24/h4-8,14,16,19-21,29,32H,1,9-13H2,2-3H3,(H,30,31)/t16?,19-,20?,21-,23?,24?,25?/m1/s1. The summed E-state index contributed by atoms with van der Waals surface area (Å²) in [5, 5.41) is 31.0. The van der Waals surface area contributed by atoms with Crippen molar-refractivity contribution in [2.24, 2.45) is 5.92 Å². The van der Waals surface area contributed by atoms with Crippen molar-refractivity contribution in [3.05, 3.63) is 48.0 Å². The van der Waals surface area contributed by atoms with E-state index < -0.39 is 60.3 Å². The Hall–Kier alpha value is -2.66. The summed E-state index contributed by atoms with van der Waals surface area (Å²) >= 11 is 0. The van der Waals surface area contributed by atoms with Crippen LogP contribution in [-0.2, 0) is 35.0 Å². The predicted molar refractivity (Wildman–Crippen MR) is 120 cm³/mol. The Kier molecular flexibility index (Phi) is 7.80. The zero-order valence-electron chi connectivity index (χ0n) is 19.7. The average Bonchev–Trinajstić information content (AvgIpc) is 3.08. The number of esters is 1. The van der Waals surface area contributed by atoms with Crippen LogP contribution < -0.4 is 0 Å². The van der Waals surface area contributed by atoms with Crippen molar-refractivity contribution in [3.63, 3.8) is 0 Å². The van der Waals surface area contributed by atoms with Crippen molar-refractivity contribution in [1.29, 1.82) is 0 Å². The highest BCUT2D eigenvalue weighted by molar-refractivity contribution is 5.87. The van der Waals surface area contributed by atoms with Gasteiger partial charge in [0.25, 0.3) is 0 Å². The molecule has 2 aliphatic rings. The van der Waals surface area contributed by atoms with Gasteiger partial charge in [0.05, 0.1) is 0 Å². The number of aliphatic hydroxyl groups excluding tert-OH is 1. The van der Waals surface area contributed by atoms with Crippen molar-refractivity contribution in [3.8, 4) is 0 Å². The van der Waals surface area contributed by atoms with Gasteiger partial charge in [-0.2, -0.15) is 0 Å². The van der Waals surface area contributed by atoms with E-state index in [1.807, 2.05) is 37.3 Å². The summed E-state index contributed by atoms with van der Waals surface area (Å²) in [6.07, 6.45) is -4.19. The van der Waals surface area contributed by atoms with Gasteiger partial charge in [0.2, 0.25) is 5.60 Å². The second kappa shape index (κ2) is 10.1. The summed E-state index contributed by atoms with van der Waals surface area (Å²) in [6, 6.07) is 9.58. The molecule has 0 radical (unpaired) electrons. The Morgan fingerprint density at radius 2 is 2.00 bits per heavy atom. The molecular weight excluding hydrogens is 463 g/mol. The minimum atomic E-state index is -3.02. The molecule has 5 unspecified atom stereocenters. The van der Waals surface area contributed by atoms with Gasteiger partial charge in [-0.25, -0.2) is 9.18 Å². The van der Waals surface area contributed by atoms with Gasteiger partial charge < -0.3 is 29.5 Å². The number of carbonyl (C=O) groups is 3. The molecule has 0 spiro atoms. The maximum atomic E-state index is 13.8. The molecule has 0 amide bonds. The van der Waals surface area contributed by atoms with Gasteiger partial charge in [0.1, 0.15) is 25.0 Å². The number of carboxylic acid groups (broad SMARTS) is 1. The number of aliphatic carboxylic acids is 1. The first kappa shape index (κ1) is 26.9. The Balaban J connectivity index is 1.81. The van der Waals surface area contributed by atoms with Gasteiger partial charge in [0.15, 0.2) is 17.7 Å². The molecule has 1 aromatic rings. The second-order valence-electron chi connectivity index (χ2n) is 9.33. The zero-order chi connectivity index (χ0) is 26.0. The van der Waals surface area contributed by atoms with Gasteiger partial charge in [-0.1, -0.05) is 43.8 Å². The zero-order valence-corrected chi connectivity index (χ0v) is 19.7. The number of carbonyl (C=O) groups excluding carboxylic acids is 2. The molecule has 0 aliphatic carbocycles. The fraction of sp³-hybridized carbons (Fsp3) is 0.560. The molecule has 2 bridgehead atoms. The van der Waals surface area contributed by atoms with E-state index in [1.165, 1.54) is 6.92 Å². The SMILES string of the molecule is C=C(CCC12OC(CF)C(O)(C(=O)O)C(C=O)(C[C@H]1O)O2)[C@@H](OC(C)=O)C(C)Cc1ccccc1. The van der Waals surface area contributed by atoms with Crippen LogP contribution in [0.15, 0.2) is 42.5 Å². The number of rotatable bonds is 11. The lowest BCUT2D eigenvalue weighted by Gasteiger charge is -2.49. The highest BCUT2D eigenvalue weighted by Gasteiger charge is 2.75. The number of fused-ring (bicyclic) bond motifs is 2. The molecule has 192 valence electrons. The highest BCUT2D eigenvalue weighted by atomic mass is 19.1. The number of aldehydes is 1. The van der Waals surface area contributed by atoms with Crippen LogP contribution in [0.3, 0.4) is 0 Å². The monoisotopic (exact) mass is 494 g/mol. The Morgan fingerprint density at radius 3 is 2.54 bits per heavy atom. The second-order valence-corrected chi connectivity index (χ2v) is 9.33. The first-order valence-corrected chi connectivity index (χ1v) is 11.4. The summed E-state index contributed by atoms with van der Waals surface area (Å²) in [4.78, 5) is 35.5. The Labute approximate surface area is 202 Å². The first-order chi connectivity index (χ1) is 16.4. The minimum absolute atomic E-state index is 0.0770. The molecule has 1 aromatic carbocycles. The molecule has 2 heterocycles. The van der Waals surface area contributed by atoms with Crippen LogP contribution in [0.5, 0.6) is 0 Å². The Bertz CT molecular complexity index is 969. The van der Waals surface area contributed by atoms with E-state index in [0.29, 0.717) is 12.0 Å². The van der Waals surface area contributed by atoms with E-state index >= 15 is 0 Å². The maximum Gasteiger partial charge on any atom is 0.342 e. The summed E-state index contributed by atoms with van der Waals surface area (Å²) in [5.41, 5.74) is -3.92. The molecular formula is C25H31FO9. The number of halogens is 1. The van der Waals surface area contributed by atoms with Crippen molar-refractivity contribution in [1.82, 2.24) is 0 Å². The van der Waals surface area contributed by atoms with E-state index in [4.69, 9.17) is 14.2 Å². The number of hydrogen-bond acceptors (Lipinski definition) is 8. The normalized spacial score (nSPS) is 33.5. The van der Waals surface area contributed by atoms with Crippen LogP contribution in [-0.4, -0.2) is 75.5 Å². The fourth-order valence-electron chi connectivity index (χ4n) is 5.05. The van der Waals surface area contributed by atoms with Crippen molar-refractivity contribution in [2.45, 2.75) is 74.8 Å². The quantitative estimate of drug-likeness (QED) is 0.238. The Morgan fingerprint density at radius 1 is 1.34 bits per heavy atom. The van der Waals surface area contributed by atoms with Crippen molar-refractivity contribution >= 4 is 18.2 Å². The third-order valence-corrected chi connectivity index (χ3v) is 6.88. The van der Waals surface area contributed by atoms with E-state index in [9.17, 15) is 34.1 Å². The number of ether oxygens (including phenoxy) is 3. The summed E-state index contributed by atoms with van der Waals surface area (Å²) < 4.78 is 30.5. The van der Waals surface area contributed by atoms with E-state index in [1.54, 1.807) is 0 Å². The predicted octanol–water partition coefficient (Wildman–Crippen LogP) is 1.73. The topological polar surface area (TPSA) is 140 Å². The van der Waals surface area contributed by atoms with Crippen molar-refractivity contribution < 1.29 is 48.3 Å². The third-order valence-electron chi connectivity index (χ3n) is 6.88. The molecule has 0 saturated carbocycles. The van der Waals surface area contributed by atoms with Gasteiger partial charge in [-0.05, 0) is 24.0 Å². The molecule has 2 fully saturated rings. The maximum absolute atomic E-state index is 13.8. The van der Waals surface area contributed by atoms with E-state index in [2.05, 4.69) is 6.58 Å². The third kappa shape index (κ3) is 4.75. The van der Waals surface area contributed by atoms with Crippen LogP contribution in [0, 0.1) is 5.92 Å². The fourth-order valence-corrected chi connectivity index (χ4v) is 5.05. The summed E-state index contributed by atoms with van der Waals surface area (Å²) in [7, 11) is 0. The summed E-state index contributed by atoms with van der Waals surface area (Å²) in [6.45, 7) is 5.78. The van der Waals surface area contributed by atoms with Crippen LogP contribution in [0.1, 0.15) is 38.7 Å². The molecule has 35 heavy (non-hydrogen) atoms. The first-order valence-electron chi connectivity index (χ1n) is 11.4. The number of aliphatic hydroxyl groups is 2. The lowest BCUT2D eigenvalue weighted by atomic mass is 9.77. The largest absolute Gasteiger partial charge is 0.479 e. The van der Waals surface area contributed by atoms with Crippen LogP contribution in [0.4, 0.5) is 4.39 Å². The van der Waals surface area contributed by atoms with Crippen LogP contribution in [0.25, 0.3) is 0 Å².